The van der Waals surface area contributed by atoms with Crippen molar-refractivity contribution in [2.75, 3.05) is 0 Å². The molecule has 0 radical (unpaired) electrons. The van der Waals surface area contributed by atoms with E-state index < -0.39 is 6.10 Å². The van der Waals surface area contributed by atoms with Crippen molar-refractivity contribution >= 4 is 11.5 Å². The topological polar surface area (TPSA) is 76.7 Å². The van der Waals surface area contributed by atoms with E-state index in [2.05, 4.69) is 14.8 Å². The van der Waals surface area contributed by atoms with Crippen LogP contribution >= 0.6 is 0 Å². The molecule has 134 valence electrons. The van der Waals surface area contributed by atoms with Crippen LogP contribution in [0.3, 0.4) is 0 Å². The number of nitrogens with zero attached hydrogens (tertiary/aromatic N) is 3. The molecule has 0 saturated heterocycles. The molecule has 6 nitrogen and oxygen atoms in total. The zero-order valence-corrected chi connectivity index (χ0v) is 14.7. The van der Waals surface area contributed by atoms with Crippen LogP contribution in [0.2, 0.25) is 0 Å². The maximum atomic E-state index is 11.7. The third-order valence-corrected chi connectivity index (χ3v) is 3.92. The fraction of sp³-hybridized carbons (Fsp3) is 0.143. The summed E-state index contributed by atoms with van der Waals surface area (Å²) in [5, 5.41) is 10.0. The molecule has 0 aliphatic heterocycles. The lowest BCUT2D eigenvalue weighted by Gasteiger charge is -2.10. The van der Waals surface area contributed by atoms with Gasteiger partial charge in [-0.1, -0.05) is 19.1 Å². The average molecular weight is 359 g/mol. The van der Waals surface area contributed by atoms with Crippen molar-refractivity contribution in [1.82, 2.24) is 9.97 Å². The first kappa shape index (κ1) is 18.2. The normalized spacial score (nSPS) is 11.4. The Labute approximate surface area is 156 Å². The molecule has 1 N–H and O–H groups in total. The van der Waals surface area contributed by atoms with E-state index in [4.69, 9.17) is 11.3 Å². The number of carbonyl (C=O) groups excluding carboxylic acids is 1. The van der Waals surface area contributed by atoms with E-state index in [1.807, 2.05) is 0 Å². The molecular formula is C21H17N3O3. The number of benzene rings is 2. The average Bonchev–Trinajstić information content (AvgIpc) is 2.74. The van der Waals surface area contributed by atoms with Gasteiger partial charge in [0.1, 0.15) is 11.5 Å². The van der Waals surface area contributed by atoms with Crippen LogP contribution < -0.4 is 4.74 Å². The molecule has 6 heteroatoms. The van der Waals surface area contributed by atoms with Crippen LogP contribution in [-0.2, 0) is 4.79 Å². The van der Waals surface area contributed by atoms with Crippen molar-refractivity contribution in [3.8, 4) is 22.9 Å². The van der Waals surface area contributed by atoms with Gasteiger partial charge in [0.2, 0.25) is 0 Å². The van der Waals surface area contributed by atoms with E-state index in [1.54, 1.807) is 55.5 Å². The lowest BCUT2D eigenvalue weighted by atomic mass is 10.1. The summed E-state index contributed by atoms with van der Waals surface area (Å²) in [5.74, 6) is 1.40. The van der Waals surface area contributed by atoms with Crippen LogP contribution in [0.15, 0.2) is 60.8 Å². The van der Waals surface area contributed by atoms with Crippen LogP contribution in [0, 0.1) is 6.57 Å². The fourth-order valence-corrected chi connectivity index (χ4v) is 2.42. The molecule has 3 rings (SSSR count). The minimum Gasteiger partial charge on any atom is -0.457 e. The van der Waals surface area contributed by atoms with Crippen LogP contribution in [0.1, 0.15) is 25.1 Å². The van der Waals surface area contributed by atoms with E-state index in [0.29, 0.717) is 23.0 Å². The molecule has 0 aliphatic carbocycles. The quantitative estimate of drug-likeness (QED) is 0.656. The number of hydrogen-bond acceptors (Lipinski definition) is 5. The van der Waals surface area contributed by atoms with E-state index in [9.17, 15) is 9.90 Å². The summed E-state index contributed by atoms with van der Waals surface area (Å²) in [6.45, 7) is 8.65. The molecule has 2 aromatic carbocycles. The summed E-state index contributed by atoms with van der Waals surface area (Å²) < 4.78 is 5.75. The molecule has 0 saturated carbocycles. The molecule has 27 heavy (non-hydrogen) atoms. The second kappa shape index (κ2) is 8.21. The number of aliphatic hydroxyl groups is 1. The summed E-state index contributed by atoms with van der Waals surface area (Å²) in [6.07, 6.45) is 0.522. The number of Topliss-reactive ketones (excluding diaryl/α,β-unsaturated/α-hetero) is 1. The van der Waals surface area contributed by atoms with Gasteiger partial charge in [-0.05, 0) is 42.5 Å². The smallest absolute Gasteiger partial charge is 0.187 e. The standard InChI is InChI=1S/C21H17N3O3/c1-3-19(25)20(26)18-12-13-23-21(24-18)14-4-8-16(9-5-14)27-17-10-6-15(22-2)7-11-17/h4-13,20,26H,3H2,1H3/t20-/m1/s1. The first-order valence-electron chi connectivity index (χ1n) is 8.40. The molecule has 0 unspecified atom stereocenters. The Balaban J connectivity index is 1.77. The first-order chi connectivity index (χ1) is 13.1. The summed E-state index contributed by atoms with van der Waals surface area (Å²) >= 11 is 0. The summed E-state index contributed by atoms with van der Waals surface area (Å²) in [7, 11) is 0. The van der Waals surface area contributed by atoms with Crippen molar-refractivity contribution in [1.29, 1.82) is 0 Å². The van der Waals surface area contributed by atoms with E-state index >= 15 is 0 Å². The highest BCUT2D eigenvalue weighted by Crippen LogP contribution is 2.26. The lowest BCUT2D eigenvalue weighted by molar-refractivity contribution is -0.127. The van der Waals surface area contributed by atoms with Crippen molar-refractivity contribution in [3.63, 3.8) is 0 Å². The Bertz CT molecular complexity index is 977. The molecule has 1 atom stereocenters. The Morgan fingerprint density at radius 2 is 1.74 bits per heavy atom. The highest BCUT2D eigenvalue weighted by molar-refractivity contribution is 5.83. The maximum Gasteiger partial charge on any atom is 0.187 e. The van der Waals surface area contributed by atoms with Gasteiger partial charge in [-0.15, -0.1) is 0 Å². The minimum atomic E-state index is -1.24. The molecule has 0 bridgehead atoms. The second-order valence-corrected chi connectivity index (χ2v) is 5.76. The number of aromatic nitrogens is 2. The molecule has 0 aliphatic rings. The number of hydrogen-bond donors (Lipinski definition) is 1. The third kappa shape index (κ3) is 4.35. The van der Waals surface area contributed by atoms with Crippen molar-refractivity contribution in [2.45, 2.75) is 19.4 Å². The zero-order chi connectivity index (χ0) is 19.2. The van der Waals surface area contributed by atoms with E-state index in [1.165, 1.54) is 12.3 Å². The molecular weight excluding hydrogens is 342 g/mol. The molecule has 0 spiro atoms. The van der Waals surface area contributed by atoms with Crippen molar-refractivity contribution < 1.29 is 14.6 Å². The van der Waals surface area contributed by atoms with Gasteiger partial charge in [0.15, 0.2) is 23.4 Å². The predicted octanol–water partition coefficient (Wildman–Crippen LogP) is 4.50. The van der Waals surface area contributed by atoms with Crippen LogP contribution in [0.5, 0.6) is 11.5 Å². The zero-order valence-electron chi connectivity index (χ0n) is 14.7. The van der Waals surface area contributed by atoms with Gasteiger partial charge in [0.05, 0.1) is 12.3 Å². The number of ether oxygens (including phenoxy) is 1. The molecule has 0 fully saturated rings. The largest absolute Gasteiger partial charge is 0.457 e. The first-order valence-corrected chi connectivity index (χ1v) is 8.40. The van der Waals surface area contributed by atoms with Crippen LogP contribution in [0.4, 0.5) is 5.69 Å². The Kier molecular flexibility index (Phi) is 5.55. The monoisotopic (exact) mass is 359 g/mol. The highest BCUT2D eigenvalue weighted by Gasteiger charge is 2.17. The molecule has 1 heterocycles. The summed E-state index contributed by atoms with van der Waals surface area (Å²) in [4.78, 5) is 23.5. The van der Waals surface area contributed by atoms with E-state index in [-0.39, 0.29) is 17.9 Å². The number of carbonyl (C=O) groups is 1. The number of aliphatic hydroxyl groups excluding tert-OH is 1. The van der Waals surface area contributed by atoms with E-state index in [0.717, 1.165) is 5.56 Å². The fourth-order valence-electron chi connectivity index (χ4n) is 2.42. The SMILES string of the molecule is [C-]#[N+]c1ccc(Oc2ccc(-c3nccc([C@@H](O)C(=O)CC)n3)cc2)cc1. The number of rotatable bonds is 6. The van der Waals surface area contributed by atoms with Gasteiger partial charge < -0.3 is 9.84 Å². The third-order valence-electron chi connectivity index (χ3n) is 3.92. The predicted molar refractivity (Wildman–Crippen MR) is 101 cm³/mol. The van der Waals surface area contributed by atoms with Gasteiger partial charge >= 0.3 is 0 Å². The van der Waals surface area contributed by atoms with Gasteiger partial charge in [-0.3, -0.25) is 4.79 Å². The Morgan fingerprint density at radius 3 is 2.33 bits per heavy atom. The van der Waals surface area contributed by atoms with Gasteiger partial charge in [0.25, 0.3) is 0 Å². The Morgan fingerprint density at radius 1 is 1.11 bits per heavy atom. The Hall–Kier alpha value is -3.56. The summed E-state index contributed by atoms with van der Waals surface area (Å²) in [5.41, 5.74) is 1.58. The van der Waals surface area contributed by atoms with Gasteiger partial charge in [-0.25, -0.2) is 14.8 Å². The molecule has 1 aromatic heterocycles. The van der Waals surface area contributed by atoms with Crippen LogP contribution in [0.25, 0.3) is 16.2 Å². The van der Waals surface area contributed by atoms with Gasteiger partial charge in [-0.2, -0.15) is 0 Å². The number of ketones is 1. The van der Waals surface area contributed by atoms with Crippen LogP contribution in [-0.4, -0.2) is 20.9 Å². The summed E-state index contributed by atoms with van der Waals surface area (Å²) in [6, 6.07) is 15.6. The lowest BCUT2D eigenvalue weighted by Crippen LogP contribution is -2.12. The minimum absolute atomic E-state index is 0.239. The molecule has 3 aromatic rings. The molecule has 0 amide bonds. The van der Waals surface area contributed by atoms with Crippen molar-refractivity contribution in [3.05, 3.63) is 77.9 Å². The highest BCUT2D eigenvalue weighted by atomic mass is 16.5. The maximum absolute atomic E-state index is 11.7. The second-order valence-electron chi connectivity index (χ2n) is 5.76. The van der Waals surface area contributed by atoms with Gasteiger partial charge in [0, 0.05) is 18.2 Å². The van der Waals surface area contributed by atoms with Crippen molar-refractivity contribution in [2.24, 2.45) is 0 Å².